The largest absolute Gasteiger partial charge is 0.367 e. The monoisotopic (exact) mass is 364 g/mol. The molecule has 0 aliphatic carbocycles. The summed E-state index contributed by atoms with van der Waals surface area (Å²) in [5.41, 5.74) is 2.18. The van der Waals surface area contributed by atoms with Crippen LogP contribution in [0.15, 0.2) is 54.2 Å². The lowest BCUT2D eigenvalue weighted by atomic mass is 10.2. The van der Waals surface area contributed by atoms with Crippen molar-refractivity contribution in [1.82, 2.24) is 15.3 Å². The summed E-state index contributed by atoms with van der Waals surface area (Å²) in [5.74, 6) is 0.509. The summed E-state index contributed by atoms with van der Waals surface area (Å²) in [4.78, 5) is 20.3. The Morgan fingerprint density at radius 2 is 1.96 bits per heavy atom. The molecule has 7 nitrogen and oxygen atoms in total. The minimum Gasteiger partial charge on any atom is -0.367 e. The Kier molecular flexibility index (Phi) is 5.75. The number of amides is 2. The molecule has 0 fully saturated rings. The van der Waals surface area contributed by atoms with Crippen molar-refractivity contribution in [2.24, 2.45) is 0 Å². The van der Waals surface area contributed by atoms with Crippen LogP contribution in [0.3, 0.4) is 0 Å². The lowest BCUT2D eigenvalue weighted by molar-refractivity contribution is 0.252. The molecule has 0 aliphatic heterocycles. The number of benzene rings is 1. The van der Waals surface area contributed by atoms with Crippen LogP contribution in [0.2, 0.25) is 0 Å². The van der Waals surface area contributed by atoms with E-state index in [-0.39, 0.29) is 6.03 Å². The Hall–Kier alpha value is -3.44. The molecule has 3 aromatic rings. The van der Waals surface area contributed by atoms with Gasteiger partial charge in [-0.05, 0) is 36.4 Å². The van der Waals surface area contributed by atoms with Crippen LogP contribution >= 0.6 is 11.3 Å². The molecule has 3 N–H and O–H groups in total. The van der Waals surface area contributed by atoms with Crippen LogP contribution in [0, 0.1) is 11.3 Å². The summed E-state index contributed by atoms with van der Waals surface area (Å²) in [6.45, 7) is 0.854. The number of carbonyl (C=O) groups is 1. The van der Waals surface area contributed by atoms with Crippen molar-refractivity contribution in [2.45, 2.75) is 0 Å². The summed E-state index contributed by atoms with van der Waals surface area (Å²) in [6, 6.07) is 12.7. The Morgan fingerprint density at radius 3 is 2.69 bits per heavy atom. The second kappa shape index (κ2) is 8.60. The highest BCUT2D eigenvalue weighted by Gasteiger charge is 2.04. The third-order valence-corrected chi connectivity index (χ3v) is 4.28. The molecular weight excluding hydrogens is 348 g/mol. The molecule has 0 radical (unpaired) electrons. The van der Waals surface area contributed by atoms with Crippen LogP contribution in [0.5, 0.6) is 0 Å². The smallest absolute Gasteiger partial charge is 0.319 e. The summed E-state index contributed by atoms with van der Waals surface area (Å²) >= 11 is 1.57. The van der Waals surface area contributed by atoms with Crippen molar-refractivity contribution < 1.29 is 4.79 Å². The number of nitrogens with zero attached hydrogens (tertiary/aromatic N) is 3. The van der Waals surface area contributed by atoms with Gasteiger partial charge in [-0.25, -0.2) is 14.8 Å². The fourth-order valence-electron chi connectivity index (χ4n) is 2.23. The van der Waals surface area contributed by atoms with Crippen molar-refractivity contribution in [3.05, 3.63) is 59.7 Å². The standard InChI is InChI=1S/C18H16N6OS/c19-12-14-2-1-7-20-16(14)21-8-9-23-18(25)24-15-5-3-13(4-6-15)17-22-10-11-26-17/h1-7,10-11H,8-9H2,(H,20,21)(H2,23,24,25). The molecule has 8 heteroatoms. The van der Waals surface area contributed by atoms with Gasteiger partial charge in [0.25, 0.3) is 0 Å². The van der Waals surface area contributed by atoms with Gasteiger partial charge in [0.15, 0.2) is 0 Å². The molecule has 0 saturated carbocycles. The minimum atomic E-state index is -0.296. The number of nitrogens with one attached hydrogen (secondary N) is 3. The number of hydrogen-bond donors (Lipinski definition) is 3. The number of pyridine rings is 1. The van der Waals surface area contributed by atoms with Crippen LogP contribution in [-0.2, 0) is 0 Å². The van der Waals surface area contributed by atoms with E-state index in [2.05, 4.69) is 32.0 Å². The van der Waals surface area contributed by atoms with Gasteiger partial charge in [0.1, 0.15) is 16.9 Å². The van der Waals surface area contributed by atoms with Gasteiger partial charge in [-0.3, -0.25) is 0 Å². The summed E-state index contributed by atoms with van der Waals surface area (Å²) in [5, 5.41) is 20.4. The Bertz CT molecular complexity index is 902. The predicted octanol–water partition coefficient (Wildman–Crippen LogP) is 3.31. The van der Waals surface area contributed by atoms with Gasteiger partial charge in [0.05, 0.1) is 5.56 Å². The number of aromatic nitrogens is 2. The zero-order chi connectivity index (χ0) is 18.2. The maximum absolute atomic E-state index is 11.9. The van der Waals surface area contributed by atoms with E-state index in [1.54, 1.807) is 35.9 Å². The summed E-state index contributed by atoms with van der Waals surface area (Å²) in [6.07, 6.45) is 3.37. The normalized spacial score (nSPS) is 9.96. The number of urea groups is 1. The molecule has 0 aliphatic rings. The van der Waals surface area contributed by atoms with Crippen molar-refractivity contribution in [2.75, 3.05) is 23.7 Å². The highest BCUT2D eigenvalue weighted by atomic mass is 32.1. The van der Waals surface area contributed by atoms with Crippen LogP contribution < -0.4 is 16.0 Å². The highest BCUT2D eigenvalue weighted by molar-refractivity contribution is 7.13. The molecule has 0 unspecified atom stereocenters. The number of nitriles is 1. The molecular formula is C18H16N6OS. The Balaban J connectivity index is 1.44. The molecule has 2 aromatic heterocycles. The quantitative estimate of drug-likeness (QED) is 0.582. The zero-order valence-electron chi connectivity index (χ0n) is 13.8. The predicted molar refractivity (Wildman–Crippen MR) is 102 cm³/mol. The fourth-order valence-corrected chi connectivity index (χ4v) is 2.88. The summed E-state index contributed by atoms with van der Waals surface area (Å²) < 4.78 is 0. The number of anilines is 2. The van der Waals surface area contributed by atoms with E-state index >= 15 is 0 Å². The molecule has 0 saturated heterocycles. The van der Waals surface area contributed by atoms with Crippen molar-refractivity contribution in [1.29, 1.82) is 5.26 Å². The van der Waals surface area contributed by atoms with E-state index < -0.39 is 0 Å². The summed E-state index contributed by atoms with van der Waals surface area (Å²) in [7, 11) is 0. The van der Waals surface area contributed by atoms with Crippen LogP contribution in [0.1, 0.15) is 5.56 Å². The lowest BCUT2D eigenvalue weighted by Gasteiger charge is -2.09. The number of carbonyl (C=O) groups excluding carboxylic acids is 1. The second-order valence-corrected chi connectivity index (χ2v) is 6.13. The van der Waals surface area contributed by atoms with Crippen LogP contribution in [0.25, 0.3) is 10.6 Å². The highest BCUT2D eigenvalue weighted by Crippen LogP contribution is 2.23. The van der Waals surface area contributed by atoms with Crippen molar-refractivity contribution in [3.63, 3.8) is 0 Å². The molecule has 26 heavy (non-hydrogen) atoms. The van der Waals surface area contributed by atoms with E-state index in [1.165, 1.54) is 0 Å². The van der Waals surface area contributed by atoms with Gasteiger partial charge in [-0.2, -0.15) is 5.26 Å². The molecule has 0 atom stereocenters. The maximum Gasteiger partial charge on any atom is 0.319 e. The third kappa shape index (κ3) is 4.55. The van der Waals surface area contributed by atoms with Gasteiger partial charge in [-0.15, -0.1) is 11.3 Å². The molecule has 0 spiro atoms. The zero-order valence-corrected chi connectivity index (χ0v) is 14.6. The second-order valence-electron chi connectivity index (χ2n) is 5.23. The van der Waals surface area contributed by atoms with Crippen molar-refractivity contribution >= 4 is 28.9 Å². The maximum atomic E-state index is 11.9. The first-order valence-electron chi connectivity index (χ1n) is 7.90. The first-order valence-corrected chi connectivity index (χ1v) is 8.78. The Labute approximate surface area is 154 Å². The molecule has 1 aromatic carbocycles. The van der Waals surface area contributed by atoms with Gasteiger partial charge in [-0.1, -0.05) is 0 Å². The van der Waals surface area contributed by atoms with E-state index in [9.17, 15) is 4.79 Å². The van der Waals surface area contributed by atoms with E-state index in [0.29, 0.717) is 30.2 Å². The first kappa shape index (κ1) is 17.4. The lowest BCUT2D eigenvalue weighted by Crippen LogP contribution is -2.32. The van der Waals surface area contributed by atoms with Gasteiger partial charge < -0.3 is 16.0 Å². The van der Waals surface area contributed by atoms with E-state index in [1.807, 2.05) is 29.6 Å². The third-order valence-electron chi connectivity index (χ3n) is 3.45. The van der Waals surface area contributed by atoms with Crippen LogP contribution in [0.4, 0.5) is 16.3 Å². The Morgan fingerprint density at radius 1 is 1.12 bits per heavy atom. The fraction of sp³-hybridized carbons (Fsp3) is 0.111. The first-order chi connectivity index (χ1) is 12.8. The molecule has 2 amide bonds. The topological polar surface area (TPSA) is 103 Å². The van der Waals surface area contributed by atoms with Crippen molar-refractivity contribution in [3.8, 4) is 16.6 Å². The van der Waals surface area contributed by atoms with Gasteiger partial charge >= 0.3 is 6.03 Å². The molecule has 130 valence electrons. The average molecular weight is 364 g/mol. The minimum absolute atomic E-state index is 0.296. The van der Waals surface area contributed by atoms with Crippen LogP contribution in [-0.4, -0.2) is 29.1 Å². The molecule has 0 bridgehead atoms. The van der Waals surface area contributed by atoms with E-state index in [0.717, 1.165) is 10.6 Å². The van der Waals surface area contributed by atoms with E-state index in [4.69, 9.17) is 5.26 Å². The number of rotatable bonds is 6. The van der Waals surface area contributed by atoms with Gasteiger partial charge in [0, 0.05) is 42.1 Å². The number of thiazole rings is 1. The van der Waals surface area contributed by atoms with Gasteiger partial charge in [0.2, 0.25) is 0 Å². The SMILES string of the molecule is N#Cc1cccnc1NCCNC(=O)Nc1ccc(-c2nccs2)cc1. The molecule has 3 rings (SSSR count). The average Bonchev–Trinajstić information content (AvgIpc) is 3.21. The molecule has 2 heterocycles. The number of hydrogen-bond acceptors (Lipinski definition) is 6.